The van der Waals surface area contributed by atoms with Gasteiger partial charge in [-0.25, -0.2) is 4.79 Å². The van der Waals surface area contributed by atoms with E-state index >= 15 is 0 Å². The maximum Gasteiger partial charge on any atom is 0.377 e. The number of H-pyrrole nitrogens is 1. The molecular formula is C12H6ClN3O4. The Morgan fingerprint density at radius 2 is 2.15 bits per heavy atom. The van der Waals surface area contributed by atoms with Gasteiger partial charge in [-0.05, 0) is 28.7 Å². The molecule has 1 aromatic carbocycles. The summed E-state index contributed by atoms with van der Waals surface area (Å²) in [7, 11) is 0. The summed E-state index contributed by atoms with van der Waals surface area (Å²) in [5.74, 6) is -1.99. The van der Waals surface area contributed by atoms with Gasteiger partial charge in [-0.1, -0.05) is 17.7 Å². The van der Waals surface area contributed by atoms with E-state index in [1.807, 2.05) is 0 Å². The number of halogens is 1. The van der Waals surface area contributed by atoms with Gasteiger partial charge in [0.1, 0.15) is 5.56 Å². The normalized spacial score (nSPS) is 10.8. The molecular weight excluding hydrogens is 286 g/mol. The number of pyridine rings is 1. The van der Waals surface area contributed by atoms with Crippen molar-refractivity contribution in [2.75, 3.05) is 0 Å². The van der Waals surface area contributed by atoms with Crippen LogP contribution in [0.2, 0.25) is 5.02 Å². The van der Waals surface area contributed by atoms with Gasteiger partial charge in [0, 0.05) is 10.5 Å². The summed E-state index contributed by atoms with van der Waals surface area (Å²) in [5, 5.41) is 13.2. The van der Waals surface area contributed by atoms with Crippen LogP contribution in [0.5, 0.6) is 0 Å². The van der Waals surface area contributed by atoms with Crippen molar-refractivity contribution in [3.63, 3.8) is 0 Å². The van der Waals surface area contributed by atoms with Crippen molar-refractivity contribution < 1.29 is 14.4 Å². The lowest BCUT2D eigenvalue weighted by molar-refractivity contribution is 0.0680. The van der Waals surface area contributed by atoms with Crippen LogP contribution in [0, 0.1) is 0 Å². The number of hydrogen-bond donors (Lipinski definition) is 2. The molecule has 8 heteroatoms. The molecule has 0 saturated heterocycles. The number of fused-ring (bicyclic) bond motifs is 1. The number of aromatic nitrogens is 3. The predicted octanol–water partition coefficient (Wildman–Crippen LogP) is 1.93. The summed E-state index contributed by atoms with van der Waals surface area (Å²) in [5.41, 5.74) is 0.185. The van der Waals surface area contributed by atoms with Crippen molar-refractivity contribution in [3.05, 3.63) is 45.5 Å². The highest BCUT2D eigenvalue weighted by molar-refractivity contribution is 6.31. The molecule has 20 heavy (non-hydrogen) atoms. The number of rotatable bonds is 2. The van der Waals surface area contributed by atoms with Crippen LogP contribution in [0.15, 0.2) is 33.6 Å². The Kier molecular flexibility index (Phi) is 2.76. The van der Waals surface area contributed by atoms with E-state index in [1.165, 1.54) is 6.07 Å². The highest BCUT2D eigenvalue weighted by Gasteiger charge is 2.17. The van der Waals surface area contributed by atoms with Gasteiger partial charge in [0.2, 0.25) is 0 Å². The predicted molar refractivity (Wildman–Crippen MR) is 69.8 cm³/mol. The number of carbonyl (C=O) groups is 1. The molecule has 0 saturated carbocycles. The summed E-state index contributed by atoms with van der Waals surface area (Å²) in [6, 6.07) is 6.52. The molecule has 3 aromatic rings. The average molecular weight is 292 g/mol. The summed E-state index contributed by atoms with van der Waals surface area (Å²) in [6.07, 6.45) is 0. The number of carboxylic acids is 1. The van der Waals surface area contributed by atoms with E-state index in [9.17, 15) is 9.59 Å². The molecule has 0 aliphatic carbocycles. The zero-order valence-electron chi connectivity index (χ0n) is 9.75. The molecule has 0 spiro atoms. The van der Waals surface area contributed by atoms with Gasteiger partial charge in [0.05, 0.1) is 0 Å². The summed E-state index contributed by atoms with van der Waals surface area (Å²) in [4.78, 5) is 28.9. The third kappa shape index (κ3) is 2.04. The molecule has 100 valence electrons. The monoisotopic (exact) mass is 291 g/mol. The highest BCUT2D eigenvalue weighted by atomic mass is 35.5. The maximum atomic E-state index is 12.0. The van der Waals surface area contributed by atoms with Crippen LogP contribution in [0.25, 0.3) is 22.4 Å². The number of aromatic amines is 1. The van der Waals surface area contributed by atoms with Gasteiger partial charge in [-0.2, -0.15) is 4.98 Å². The molecule has 2 heterocycles. The number of hydrogen-bond acceptors (Lipinski definition) is 5. The van der Waals surface area contributed by atoms with Crippen LogP contribution in [0.3, 0.4) is 0 Å². The van der Waals surface area contributed by atoms with E-state index in [2.05, 4.69) is 15.1 Å². The molecule has 2 N–H and O–H groups in total. The number of nitrogens with one attached hydrogen (secondary N) is 1. The van der Waals surface area contributed by atoms with E-state index in [0.29, 0.717) is 15.9 Å². The highest BCUT2D eigenvalue weighted by Crippen LogP contribution is 2.20. The Labute approximate surface area is 115 Å². The van der Waals surface area contributed by atoms with E-state index in [4.69, 9.17) is 21.2 Å². The van der Waals surface area contributed by atoms with Gasteiger partial charge in [-0.3, -0.25) is 4.79 Å². The Balaban J connectivity index is 2.20. The van der Waals surface area contributed by atoms with Crippen molar-refractivity contribution in [3.8, 4) is 11.5 Å². The average Bonchev–Trinajstić information content (AvgIpc) is 2.87. The molecule has 0 aliphatic rings. The SMILES string of the molecule is O=C(O)c1noc(-c2cc3ccc(Cl)cc3[nH]c2=O)n1. The number of nitrogens with zero attached hydrogens (tertiary/aromatic N) is 2. The lowest BCUT2D eigenvalue weighted by Crippen LogP contribution is -2.09. The first-order chi connectivity index (χ1) is 9.54. The second-order valence-corrected chi connectivity index (χ2v) is 4.41. The van der Waals surface area contributed by atoms with Crippen LogP contribution in [-0.4, -0.2) is 26.2 Å². The molecule has 7 nitrogen and oxygen atoms in total. The van der Waals surface area contributed by atoms with Crippen molar-refractivity contribution in [1.29, 1.82) is 0 Å². The van der Waals surface area contributed by atoms with Gasteiger partial charge in [0.25, 0.3) is 17.3 Å². The van der Waals surface area contributed by atoms with Crippen LogP contribution < -0.4 is 5.56 Å². The minimum Gasteiger partial charge on any atom is -0.475 e. The summed E-state index contributed by atoms with van der Waals surface area (Å²) in [6.45, 7) is 0. The van der Waals surface area contributed by atoms with Gasteiger partial charge in [-0.15, -0.1) is 0 Å². The molecule has 3 rings (SSSR count). The third-order valence-corrected chi connectivity index (χ3v) is 2.89. The van der Waals surface area contributed by atoms with Crippen molar-refractivity contribution in [2.45, 2.75) is 0 Å². The lowest BCUT2D eigenvalue weighted by Gasteiger charge is -2.00. The second kappa shape index (κ2) is 4.46. The summed E-state index contributed by atoms with van der Waals surface area (Å²) >= 11 is 5.84. The van der Waals surface area contributed by atoms with E-state index < -0.39 is 17.4 Å². The molecule has 0 radical (unpaired) electrons. The molecule has 0 atom stereocenters. The molecule has 0 bridgehead atoms. The molecule has 2 aromatic heterocycles. The van der Waals surface area contributed by atoms with Crippen LogP contribution in [-0.2, 0) is 0 Å². The van der Waals surface area contributed by atoms with Crippen LogP contribution >= 0.6 is 11.6 Å². The Morgan fingerprint density at radius 1 is 1.35 bits per heavy atom. The minimum atomic E-state index is -1.33. The lowest BCUT2D eigenvalue weighted by atomic mass is 10.1. The van der Waals surface area contributed by atoms with Gasteiger partial charge < -0.3 is 14.6 Å². The van der Waals surface area contributed by atoms with E-state index in [0.717, 1.165) is 0 Å². The smallest absolute Gasteiger partial charge is 0.377 e. The number of benzene rings is 1. The fourth-order valence-corrected chi connectivity index (χ4v) is 1.92. The van der Waals surface area contributed by atoms with E-state index in [-0.39, 0.29) is 11.5 Å². The Bertz CT molecular complexity index is 884. The standard InChI is InChI=1S/C12H6ClN3O4/c13-6-2-1-5-3-7(10(17)14-8(5)4-6)11-15-9(12(18)19)16-20-11/h1-4H,(H,14,17)(H,18,19). The number of aromatic carboxylic acids is 1. The Hall–Kier alpha value is -2.67. The maximum absolute atomic E-state index is 12.0. The van der Waals surface area contributed by atoms with Crippen LogP contribution in [0.1, 0.15) is 10.6 Å². The summed E-state index contributed by atoms with van der Waals surface area (Å²) < 4.78 is 4.78. The van der Waals surface area contributed by atoms with Crippen molar-refractivity contribution in [1.82, 2.24) is 15.1 Å². The fraction of sp³-hybridized carbons (Fsp3) is 0. The van der Waals surface area contributed by atoms with E-state index in [1.54, 1.807) is 18.2 Å². The first kappa shape index (κ1) is 12.4. The van der Waals surface area contributed by atoms with Crippen LogP contribution in [0.4, 0.5) is 0 Å². The van der Waals surface area contributed by atoms with Gasteiger partial charge >= 0.3 is 5.97 Å². The molecule has 0 amide bonds. The van der Waals surface area contributed by atoms with Crippen molar-refractivity contribution >= 4 is 28.5 Å². The van der Waals surface area contributed by atoms with Gasteiger partial charge in [0.15, 0.2) is 0 Å². The fourth-order valence-electron chi connectivity index (χ4n) is 1.75. The third-order valence-electron chi connectivity index (χ3n) is 2.66. The zero-order valence-corrected chi connectivity index (χ0v) is 10.5. The minimum absolute atomic E-state index is 0.0971. The molecule has 0 unspecified atom stereocenters. The topological polar surface area (TPSA) is 109 Å². The second-order valence-electron chi connectivity index (χ2n) is 3.97. The first-order valence-electron chi connectivity index (χ1n) is 5.44. The molecule has 0 fully saturated rings. The van der Waals surface area contributed by atoms with Crippen molar-refractivity contribution in [2.24, 2.45) is 0 Å². The largest absolute Gasteiger partial charge is 0.475 e. The first-order valence-corrected chi connectivity index (χ1v) is 5.82. The quantitative estimate of drug-likeness (QED) is 0.746. The molecule has 0 aliphatic heterocycles. The zero-order chi connectivity index (χ0) is 14.3. The number of carboxylic acid groups (broad SMARTS) is 1. The Morgan fingerprint density at radius 3 is 2.85 bits per heavy atom.